The maximum atomic E-state index is 5.37. The third-order valence-corrected chi connectivity index (χ3v) is 0.653. The Morgan fingerprint density at radius 1 is 1.86 bits per heavy atom. The number of rotatable bonds is 1. The number of hydrogen-bond acceptors (Lipinski definition) is 2. The monoisotopic (exact) mass is 117 g/mol. The Morgan fingerprint density at radius 3 is 2.29 bits per heavy atom. The second-order valence-electron chi connectivity index (χ2n) is 1.67. The molecule has 42 valence electrons. The van der Waals surface area contributed by atoms with E-state index in [1.807, 2.05) is 19.9 Å². The summed E-state index contributed by atoms with van der Waals surface area (Å²) in [6.45, 7) is 3.83. The molecule has 0 aliphatic heterocycles. The molecule has 2 heteroatoms. The molecule has 0 fully saturated rings. The fraction of sp³-hybridized carbons (Fsp3) is 0.600. The first-order chi connectivity index (χ1) is 3.13. The summed E-state index contributed by atoms with van der Waals surface area (Å²) in [4.78, 5) is 0.981. The minimum absolute atomic E-state index is 0.137. The summed E-state index contributed by atoms with van der Waals surface area (Å²) in [5.41, 5.74) is 5.37. The van der Waals surface area contributed by atoms with Gasteiger partial charge in [0, 0.05) is 6.04 Å². The van der Waals surface area contributed by atoms with Gasteiger partial charge < -0.3 is 5.73 Å². The molecular formula is C5H11NS. The summed E-state index contributed by atoms with van der Waals surface area (Å²) in [6.07, 6.45) is 1.89. The molecule has 0 heterocycles. The van der Waals surface area contributed by atoms with Gasteiger partial charge in [0.15, 0.2) is 0 Å². The Labute approximate surface area is 50.0 Å². The Hall–Kier alpha value is 0.0500. The predicted octanol–water partition coefficient (Wildman–Crippen LogP) is 1.17. The molecule has 1 nitrogen and oxygen atoms in total. The first kappa shape index (κ1) is 7.05. The Bertz CT molecular complexity index is 72.1. The van der Waals surface area contributed by atoms with Crippen molar-refractivity contribution in [3.63, 3.8) is 0 Å². The summed E-state index contributed by atoms with van der Waals surface area (Å²) in [5, 5.41) is 0. The molecule has 2 N–H and O–H groups in total. The van der Waals surface area contributed by atoms with E-state index in [-0.39, 0.29) is 6.04 Å². The molecule has 0 bridgehead atoms. The highest BCUT2D eigenvalue weighted by atomic mass is 32.1. The van der Waals surface area contributed by atoms with Crippen LogP contribution >= 0.6 is 12.6 Å². The van der Waals surface area contributed by atoms with Crippen molar-refractivity contribution in [2.75, 3.05) is 0 Å². The first-order valence-corrected chi connectivity index (χ1v) is 2.70. The molecule has 0 saturated heterocycles. The standard InChI is InChI=1S/C5H11NS/c1-4(6)3-5(2)7/h3-4,7H,6H2,1-2H3/b5-3-. The predicted molar refractivity (Wildman–Crippen MR) is 36.4 cm³/mol. The van der Waals surface area contributed by atoms with E-state index in [1.54, 1.807) is 0 Å². The van der Waals surface area contributed by atoms with Crippen LogP contribution in [0.2, 0.25) is 0 Å². The van der Waals surface area contributed by atoms with E-state index in [1.165, 1.54) is 0 Å². The molecule has 0 aliphatic carbocycles. The van der Waals surface area contributed by atoms with Crippen molar-refractivity contribution in [3.8, 4) is 0 Å². The Balaban J connectivity index is 3.45. The molecule has 1 unspecified atom stereocenters. The molecule has 0 aromatic rings. The molecular weight excluding hydrogens is 106 g/mol. The van der Waals surface area contributed by atoms with Crippen LogP contribution in [0.15, 0.2) is 11.0 Å². The molecule has 0 aromatic heterocycles. The minimum atomic E-state index is 0.137. The lowest BCUT2D eigenvalue weighted by Gasteiger charge is -1.93. The van der Waals surface area contributed by atoms with Gasteiger partial charge in [-0.15, -0.1) is 12.6 Å². The maximum absolute atomic E-state index is 5.37. The molecule has 0 saturated carbocycles. The van der Waals surface area contributed by atoms with Gasteiger partial charge in [-0.05, 0) is 18.8 Å². The topological polar surface area (TPSA) is 26.0 Å². The lowest BCUT2D eigenvalue weighted by Crippen LogP contribution is -2.10. The van der Waals surface area contributed by atoms with Gasteiger partial charge in [0.1, 0.15) is 0 Å². The normalized spacial score (nSPS) is 16.9. The summed E-state index contributed by atoms with van der Waals surface area (Å²) in [6, 6.07) is 0.137. The van der Waals surface area contributed by atoms with Crippen molar-refractivity contribution < 1.29 is 0 Å². The summed E-state index contributed by atoms with van der Waals surface area (Å²) < 4.78 is 0. The van der Waals surface area contributed by atoms with Crippen molar-refractivity contribution in [2.45, 2.75) is 19.9 Å². The lowest BCUT2D eigenvalue weighted by molar-refractivity contribution is 0.922. The lowest BCUT2D eigenvalue weighted by atomic mass is 10.3. The van der Waals surface area contributed by atoms with E-state index >= 15 is 0 Å². The zero-order valence-corrected chi connectivity index (χ0v) is 5.57. The molecule has 7 heavy (non-hydrogen) atoms. The maximum Gasteiger partial charge on any atom is 0.0205 e. The van der Waals surface area contributed by atoms with Crippen molar-refractivity contribution in [2.24, 2.45) is 5.73 Å². The highest BCUT2D eigenvalue weighted by Crippen LogP contribution is 1.96. The van der Waals surface area contributed by atoms with Gasteiger partial charge in [-0.3, -0.25) is 0 Å². The molecule has 0 rings (SSSR count). The second-order valence-corrected chi connectivity index (χ2v) is 2.37. The molecule has 1 atom stereocenters. The van der Waals surface area contributed by atoms with E-state index in [9.17, 15) is 0 Å². The molecule has 0 radical (unpaired) electrons. The van der Waals surface area contributed by atoms with E-state index in [2.05, 4.69) is 12.6 Å². The number of allylic oxidation sites excluding steroid dienone is 1. The van der Waals surface area contributed by atoms with Crippen LogP contribution in [0.25, 0.3) is 0 Å². The molecule has 0 amide bonds. The van der Waals surface area contributed by atoms with Gasteiger partial charge in [-0.2, -0.15) is 0 Å². The second kappa shape index (κ2) is 3.10. The largest absolute Gasteiger partial charge is 0.325 e. The average molecular weight is 117 g/mol. The van der Waals surface area contributed by atoms with Crippen molar-refractivity contribution in [1.29, 1.82) is 0 Å². The Kier molecular flexibility index (Phi) is 3.13. The quantitative estimate of drug-likeness (QED) is 0.495. The summed E-state index contributed by atoms with van der Waals surface area (Å²) in [5.74, 6) is 0. The van der Waals surface area contributed by atoms with Crippen molar-refractivity contribution >= 4 is 12.6 Å². The SMILES string of the molecule is C/C(S)=C/C(C)N. The fourth-order valence-electron chi connectivity index (χ4n) is 0.380. The molecule has 0 spiro atoms. The van der Waals surface area contributed by atoms with Crippen LogP contribution in [0, 0.1) is 0 Å². The zero-order chi connectivity index (χ0) is 5.86. The van der Waals surface area contributed by atoms with Crippen molar-refractivity contribution in [3.05, 3.63) is 11.0 Å². The van der Waals surface area contributed by atoms with Crippen LogP contribution in [0.1, 0.15) is 13.8 Å². The number of thiol groups is 1. The van der Waals surface area contributed by atoms with Crippen molar-refractivity contribution in [1.82, 2.24) is 0 Å². The minimum Gasteiger partial charge on any atom is -0.325 e. The van der Waals surface area contributed by atoms with Gasteiger partial charge in [-0.1, -0.05) is 6.08 Å². The highest BCUT2D eigenvalue weighted by molar-refractivity contribution is 7.84. The average Bonchev–Trinajstić information content (AvgIpc) is 1.27. The fourth-order valence-corrected chi connectivity index (χ4v) is 0.616. The third-order valence-electron chi connectivity index (χ3n) is 0.504. The summed E-state index contributed by atoms with van der Waals surface area (Å²) >= 11 is 4.02. The summed E-state index contributed by atoms with van der Waals surface area (Å²) in [7, 11) is 0. The van der Waals surface area contributed by atoms with E-state index in [0.29, 0.717) is 0 Å². The van der Waals surface area contributed by atoms with Crippen LogP contribution < -0.4 is 5.73 Å². The molecule has 0 aliphatic rings. The van der Waals surface area contributed by atoms with Gasteiger partial charge in [0.2, 0.25) is 0 Å². The van der Waals surface area contributed by atoms with E-state index in [0.717, 1.165) is 4.91 Å². The van der Waals surface area contributed by atoms with Gasteiger partial charge >= 0.3 is 0 Å². The van der Waals surface area contributed by atoms with Gasteiger partial charge in [0.05, 0.1) is 0 Å². The van der Waals surface area contributed by atoms with Crippen LogP contribution in [0.5, 0.6) is 0 Å². The van der Waals surface area contributed by atoms with Crippen LogP contribution in [0.3, 0.4) is 0 Å². The first-order valence-electron chi connectivity index (χ1n) is 2.26. The zero-order valence-electron chi connectivity index (χ0n) is 4.68. The highest BCUT2D eigenvalue weighted by Gasteiger charge is 1.82. The van der Waals surface area contributed by atoms with Crippen LogP contribution in [-0.2, 0) is 0 Å². The smallest absolute Gasteiger partial charge is 0.0205 e. The van der Waals surface area contributed by atoms with Crippen LogP contribution in [-0.4, -0.2) is 6.04 Å². The third kappa shape index (κ3) is 6.05. The van der Waals surface area contributed by atoms with Gasteiger partial charge in [0.25, 0.3) is 0 Å². The number of hydrogen-bond donors (Lipinski definition) is 2. The van der Waals surface area contributed by atoms with E-state index in [4.69, 9.17) is 5.73 Å². The van der Waals surface area contributed by atoms with Crippen LogP contribution in [0.4, 0.5) is 0 Å². The Morgan fingerprint density at radius 2 is 2.29 bits per heavy atom. The van der Waals surface area contributed by atoms with Gasteiger partial charge in [-0.25, -0.2) is 0 Å². The number of nitrogens with two attached hydrogens (primary N) is 1. The van der Waals surface area contributed by atoms with E-state index < -0.39 is 0 Å². The molecule has 0 aromatic carbocycles.